The van der Waals surface area contributed by atoms with Crippen molar-refractivity contribution in [2.75, 3.05) is 14.2 Å². The molecule has 0 radical (unpaired) electrons. The molecule has 0 aliphatic heterocycles. The van der Waals surface area contributed by atoms with Crippen LogP contribution < -0.4 is 10.1 Å². The molecule has 2 aromatic rings. The summed E-state index contributed by atoms with van der Waals surface area (Å²) in [4.78, 5) is 2.30. The van der Waals surface area contributed by atoms with Gasteiger partial charge in [-0.15, -0.1) is 0 Å². The molecular formula is C16H18BrNOS. The van der Waals surface area contributed by atoms with E-state index in [1.165, 1.54) is 10.5 Å². The first kappa shape index (κ1) is 15.4. The number of hydrogen-bond donors (Lipinski definition) is 1. The van der Waals surface area contributed by atoms with Crippen LogP contribution in [0.15, 0.2) is 56.7 Å². The zero-order valence-corrected chi connectivity index (χ0v) is 14.2. The summed E-state index contributed by atoms with van der Waals surface area (Å²) in [6.07, 6.45) is 0. The third kappa shape index (κ3) is 3.57. The fraction of sp³-hybridized carbons (Fsp3) is 0.250. The molecule has 0 aliphatic carbocycles. The lowest BCUT2D eigenvalue weighted by atomic mass is 10.1. The van der Waals surface area contributed by atoms with Crippen LogP contribution in [0.5, 0.6) is 5.75 Å². The van der Waals surface area contributed by atoms with Crippen LogP contribution in [-0.2, 0) is 0 Å². The molecule has 0 heterocycles. The summed E-state index contributed by atoms with van der Waals surface area (Å²) >= 11 is 5.36. The van der Waals surface area contributed by atoms with Crippen LogP contribution in [0.3, 0.4) is 0 Å². The molecule has 0 aromatic heterocycles. The maximum absolute atomic E-state index is 5.39. The van der Waals surface area contributed by atoms with Crippen LogP contribution >= 0.6 is 27.7 Å². The third-order valence-electron chi connectivity index (χ3n) is 3.18. The predicted octanol–water partition coefficient (Wildman–Crippen LogP) is 4.89. The highest BCUT2D eigenvalue weighted by atomic mass is 79.9. The quantitative estimate of drug-likeness (QED) is 0.828. The predicted molar refractivity (Wildman–Crippen MR) is 88.7 cm³/mol. The van der Waals surface area contributed by atoms with Gasteiger partial charge >= 0.3 is 0 Å². The number of rotatable bonds is 5. The normalized spacial score (nSPS) is 12.2. The van der Waals surface area contributed by atoms with E-state index in [1.54, 1.807) is 18.9 Å². The second-order valence-electron chi connectivity index (χ2n) is 4.45. The van der Waals surface area contributed by atoms with Crippen molar-refractivity contribution in [3.8, 4) is 5.75 Å². The van der Waals surface area contributed by atoms with Gasteiger partial charge in [-0.1, -0.05) is 30.0 Å². The van der Waals surface area contributed by atoms with Crippen molar-refractivity contribution in [2.24, 2.45) is 0 Å². The monoisotopic (exact) mass is 351 g/mol. The standard InChI is InChI=1S/C16H18BrNOS/c1-11(18-2)12-8-9-15(13(17)10-12)20-16-7-5-4-6-14(16)19-3/h4-11,18H,1-3H3. The Kier molecular flexibility index (Phi) is 5.52. The zero-order chi connectivity index (χ0) is 14.5. The first-order valence-corrected chi connectivity index (χ1v) is 8.04. The van der Waals surface area contributed by atoms with Crippen molar-refractivity contribution in [1.29, 1.82) is 0 Å². The van der Waals surface area contributed by atoms with Crippen LogP contribution in [0.4, 0.5) is 0 Å². The second-order valence-corrected chi connectivity index (χ2v) is 6.39. The summed E-state index contributed by atoms with van der Waals surface area (Å²) in [5.74, 6) is 0.900. The van der Waals surface area contributed by atoms with E-state index in [9.17, 15) is 0 Å². The molecule has 2 aromatic carbocycles. The first-order chi connectivity index (χ1) is 9.65. The highest BCUT2D eigenvalue weighted by Gasteiger charge is 2.09. The molecule has 106 valence electrons. The molecule has 2 nitrogen and oxygen atoms in total. The Morgan fingerprint density at radius 3 is 2.55 bits per heavy atom. The summed E-state index contributed by atoms with van der Waals surface area (Å²) in [5.41, 5.74) is 1.27. The Morgan fingerprint density at radius 1 is 1.15 bits per heavy atom. The summed E-state index contributed by atoms with van der Waals surface area (Å²) in [6, 6.07) is 14.9. The lowest BCUT2D eigenvalue weighted by molar-refractivity contribution is 0.405. The lowest BCUT2D eigenvalue weighted by Crippen LogP contribution is -2.12. The van der Waals surface area contributed by atoms with E-state index in [-0.39, 0.29) is 0 Å². The van der Waals surface area contributed by atoms with Gasteiger partial charge in [-0.25, -0.2) is 0 Å². The van der Waals surface area contributed by atoms with Gasteiger partial charge in [0, 0.05) is 15.4 Å². The number of halogens is 1. The highest BCUT2D eigenvalue weighted by Crippen LogP contribution is 2.39. The van der Waals surface area contributed by atoms with Gasteiger partial charge in [0.1, 0.15) is 5.75 Å². The number of benzene rings is 2. The van der Waals surface area contributed by atoms with Crippen LogP contribution in [-0.4, -0.2) is 14.2 Å². The average molecular weight is 352 g/mol. The Morgan fingerprint density at radius 2 is 1.90 bits per heavy atom. The van der Waals surface area contributed by atoms with Crippen LogP contribution in [0.1, 0.15) is 18.5 Å². The van der Waals surface area contributed by atoms with Gasteiger partial charge < -0.3 is 10.1 Å². The molecule has 2 rings (SSSR count). The maximum Gasteiger partial charge on any atom is 0.132 e. The van der Waals surface area contributed by atoms with Gasteiger partial charge in [0.05, 0.1) is 12.0 Å². The average Bonchev–Trinajstić information content (AvgIpc) is 2.49. The largest absolute Gasteiger partial charge is 0.496 e. The zero-order valence-electron chi connectivity index (χ0n) is 11.8. The molecule has 0 saturated carbocycles. The topological polar surface area (TPSA) is 21.3 Å². The smallest absolute Gasteiger partial charge is 0.132 e. The van der Waals surface area contributed by atoms with Crippen molar-refractivity contribution >= 4 is 27.7 Å². The Bertz CT molecular complexity index is 588. The van der Waals surface area contributed by atoms with E-state index in [4.69, 9.17) is 4.74 Å². The maximum atomic E-state index is 5.39. The molecule has 0 bridgehead atoms. The number of nitrogens with one attached hydrogen (secondary N) is 1. The lowest BCUT2D eigenvalue weighted by Gasteiger charge is -2.13. The van der Waals surface area contributed by atoms with Gasteiger partial charge in [-0.2, -0.15) is 0 Å². The molecule has 1 atom stereocenters. The minimum absolute atomic E-state index is 0.344. The van der Waals surface area contributed by atoms with Crippen molar-refractivity contribution in [1.82, 2.24) is 5.32 Å². The minimum Gasteiger partial charge on any atom is -0.496 e. The van der Waals surface area contributed by atoms with Crippen LogP contribution in [0.2, 0.25) is 0 Å². The van der Waals surface area contributed by atoms with Crippen LogP contribution in [0, 0.1) is 0 Å². The SMILES string of the molecule is CNC(C)c1ccc(Sc2ccccc2OC)c(Br)c1. The van der Waals surface area contributed by atoms with E-state index in [0.29, 0.717) is 6.04 Å². The van der Waals surface area contributed by atoms with Crippen molar-refractivity contribution < 1.29 is 4.74 Å². The molecule has 0 aliphatic rings. The highest BCUT2D eigenvalue weighted by molar-refractivity contribution is 9.10. The number of methoxy groups -OCH3 is 1. The van der Waals surface area contributed by atoms with E-state index in [2.05, 4.69) is 52.4 Å². The molecule has 0 amide bonds. The summed E-state index contributed by atoms with van der Waals surface area (Å²) < 4.78 is 6.50. The first-order valence-electron chi connectivity index (χ1n) is 6.43. The molecule has 4 heteroatoms. The van der Waals surface area contributed by atoms with E-state index >= 15 is 0 Å². The molecule has 0 saturated heterocycles. The Labute approximate surface area is 133 Å². The van der Waals surface area contributed by atoms with E-state index < -0.39 is 0 Å². The Hall–Kier alpha value is -0.970. The molecule has 0 spiro atoms. The van der Waals surface area contributed by atoms with Gasteiger partial charge in [0.15, 0.2) is 0 Å². The fourth-order valence-corrected chi connectivity index (χ4v) is 3.42. The van der Waals surface area contributed by atoms with Gasteiger partial charge in [-0.05, 0) is 59.7 Å². The number of ether oxygens (including phenoxy) is 1. The molecular weight excluding hydrogens is 334 g/mol. The summed E-state index contributed by atoms with van der Waals surface area (Å²) in [6.45, 7) is 2.15. The van der Waals surface area contributed by atoms with Gasteiger partial charge in [-0.3, -0.25) is 0 Å². The molecule has 1 unspecified atom stereocenters. The van der Waals surface area contributed by atoms with E-state index in [0.717, 1.165) is 15.1 Å². The summed E-state index contributed by atoms with van der Waals surface area (Å²) in [7, 11) is 3.67. The molecule has 20 heavy (non-hydrogen) atoms. The summed E-state index contributed by atoms with van der Waals surface area (Å²) in [5, 5.41) is 3.25. The van der Waals surface area contributed by atoms with Crippen LogP contribution in [0.25, 0.3) is 0 Å². The van der Waals surface area contributed by atoms with Crippen molar-refractivity contribution in [2.45, 2.75) is 22.8 Å². The number of para-hydroxylation sites is 1. The van der Waals surface area contributed by atoms with Gasteiger partial charge in [0.25, 0.3) is 0 Å². The van der Waals surface area contributed by atoms with Crippen molar-refractivity contribution in [3.05, 3.63) is 52.5 Å². The number of hydrogen-bond acceptors (Lipinski definition) is 3. The van der Waals surface area contributed by atoms with Crippen molar-refractivity contribution in [3.63, 3.8) is 0 Å². The molecule has 1 N–H and O–H groups in total. The third-order valence-corrected chi connectivity index (χ3v) is 5.23. The van der Waals surface area contributed by atoms with E-state index in [1.807, 2.05) is 25.2 Å². The fourth-order valence-electron chi connectivity index (χ4n) is 1.86. The van der Waals surface area contributed by atoms with Gasteiger partial charge in [0.2, 0.25) is 0 Å². The molecule has 0 fully saturated rings. The minimum atomic E-state index is 0.344. The second kappa shape index (κ2) is 7.16. The Balaban J connectivity index is 2.26.